The van der Waals surface area contributed by atoms with Gasteiger partial charge in [-0.1, -0.05) is 6.92 Å². The van der Waals surface area contributed by atoms with Gasteiger partial charge in [0.25, 0.3) is 5.56 Å². The predicted octanol–water partition coefficient (Wildman–Crippen LogP) is -0.718. The number of nitrogens with zero attached hydrogens (tertiary/aromatic N) is 2. The molecule has 0 aliphatic heterocycles. The van der Waals surface area contributed by atoms with Crippen molar-refractivity contribution in [1.29, 1.82) is 0 Å². The van der Waals surface area contributed by atoms with Crippen molar-refractivity contribution in [2.75, 3.05) is 0 Å². The predicted molar refractivity (Wildman–Crippen MR) is 59.2 cm³/mol. The van der Waals surface area contributed by atoms with Crippen molar-refractivity contribution >= 4 is 11.2 Å². The van der Waals surface area contributed by atoms with Crippen molar-refractivity contribution in [2.45, 2.75) is 26.4 Å². The SMILES string of the molecule is CCCn1c(=O)[nH]c(=O)c2[nH]c(CN)nc21. The summed E-state index contributed by atoms with van der Waals surface area (Å²) in [5, 5.41) is 0. The normalized spacial score (nSPS) is 11.1. The summed E-state index contributed by atoms with van der Waals surface area (Å²) in [6.07, 6.45) is 0.784. The highest BCUT2D eigenvalue weighted by molar-refractivity contribution is 5.69. The van der Waals surface area contributed by atoms with Gasteiger partial charge in [0.05, 0.1) is 6.54 Å². The molecule has 0 aliphatic rings. The van der Waals surface area contributed by atoms with Crippen LogP contribution in [-0.4, -0.2) is 19.5 Å². The molecule has 2 aromatic rings. The van der Waals surface area contributed by atoms with Gasteiger partial charge in [0.2, 0.25) is 0 Å². The second-order valence-electron chi connectivity index (χ2n) is 3.50. The Hall–Kier alpha value is -1.89. The minimum Gasteiger partial charge on any atom is -0.335 e. The third-order valence-corrected chi connectivity index (χ3v) is 2.32. The molecule has 0 saturated carbocycles. The molecule has 7 nitrogen and oxygen atoms in total. The Labute approximate surface area is 90.3 Å². The van der Waals surface area contributed by atoms with Gasteiger partial charge in [-0.3, -0.25) is 14.3 Å². The quantitative estimate of drug-likeness (QED) is 0.637. The summed E-state index contributed by atoms with van der Waals surface area (Å²) in [5.74, 6) is 0.496. The fraction of sp³-hybridized carbons (Fsp3) is 0.444. The van der Waals surface area contributed by atoms with Crippen LogP contribution in [0.4, 0.5) is 0 Å². The molecule has 0 radical (unpaired) electrons. The van der Waals surface area contributed by atoms with Crippen LogP contribution >= 0.6 is 0 Å². The number of H-pyrrole nitrogens is 2. The highest BCUT2D eigenvalue weighted by Crippen LogP contribution is 2.04. The molecular weight excluding hydrogens is 210 g/mol. The smallest absolute Gasteiger partial charge is 0.330 e. The molecule has 0 unspecified atom stereocenters. The van der Waals surface area contributed by atoms with E-state index in [0.717, 1.165) is 6.42 Å². The van der Waals surface area contributed by atoms with E-state index >= 15 is 0 Å². The van der Waals surface area contributed by atoms with Crippen molar-refractivity contribution < 1.29 is 0 Å². The zero-order valence-corrected chi connectivity index (χ0v) is 8.91. The van der Waals surface area contributed by atoms with Crippen molar-refractivity contribution in [3.05, 3.63) is 26.7 Å². The van der Waals surface area contributed by atoms with Gasteiger partial charge < -0.3 is 10.7 Å². The maximum atomic E-state index is 11.6. The Morgan fingerprint density at radius 3 is 2.75 bits per heavy atom. The number of imidazole rings is 1. The van der Waals surface area contributed by atoms with Gasteiger partial charge in [-0.15, -0.1) is 0 Å². The van der Waals surface area contributed by atoms with Crippen LogP contribution in [0, 0.1) is 0 Å². The van der Waals surface area contributed by atoms with E-state index in [1.54, 1.807) is 0 Å². The Balaban J connectivity index is 2.82. The van der Waals surface area contributed by atoms with Gasteiger partial charge in [-0.05, 0) is 6.42 Å². The summed E-state index contributed by atoms with van der Waals surface area (Å²) in [6.45, 7) is 2.66. The van der Waals surface area contributed by atoms with Gasteiger partial charge in [0, 0.05) is 6.54 Å². The summed E-state index contributed by atoms with van der Waals surface area (Å²) < 4.78 is 1.44. The third kappa shape index (κ3) is 1.54. The van der Waals surface area contributed by atoms with E-state index < -0.39 is 11.2 Å². The van der Waals surface area contributed by atoms with Crippen LogP contribution in [-0.2, 0) is 13.1 Å². The third-order valence-electron chi connectivity index (χ3n) is 2.32. The first-order valence-electron chi connectivity index (χ1n) is 5.09. The second-order valence-corrected chi connectivity index (χ2v) is 3.50. The number of hydrogen-bond donors (Lipinski definition) is 3. The lowest BCUT2D eigenvalue weighted by atomic mass is 10.4. The highest BCUT2D eigenvalue weighted by Gasteiger charge is 2.11. The number of aromatic amines is 2. The molecule has 2 aromatic heterocycles. The number of aromatic nitrogens is 4. The molecule has 0 bridgehead atoms. The highest BCUT2D eigenvalue weighted by atomic mass is 16.2. The molecular formula is C9H13N5O2. The molecule has 4 N–H and O–H groups in total. The van der Waals surface area contributed by atoms with Gasteiger partial charge in [-0.25, -0.2) is 9.78 Å². The van der Waals surface area contributed by atoms with E-state index in [9.17, 15) is 9.59 Å². The maximum absolute atomic E-state index is 11.6. The fourth-order valence-electron chi connectivity index (χ4n) is 1.62. The van der Waals surface area contributed by atoms with Crippen LogP contribution in [0.2, 0.25) is 0 Å². The van der Waals surface area contributed by atoms with Crippen LogP contribution < -0.4 is 17.0 Å². The van der Waals surface area contributed by atoms with Crippen LogP contribution in [0.1, 0.15) is 19.2 Å². The first-order valence-corrected chi connectivity index (χ1v) is 5.09. The molecule has 0 amide bonds. The number of nitrogens with one attached hydrogen (secondary N) is 2. The maximum Gasteiger partial charge on any atom is 0.330 e. The average molecular weight is 223 g/mol. The zero-order chi connectivity index (χ0) is 11.7. The van der Waals surface area contributed by atoms with Crippen LogP contribution in [0.15, 0.2) is 9.59 Å². The summed E-state index contributed by atoms with van der Waals surface area (Å²) in [5.41, 5.74) is 5.21. The molecule has 0 saturated heterocycles. The van der Waals surface area contributed by atoms with Crippen molar-refractivity contribution in [3.63, 3.8) is 0 Å². The summed E-state index contributed by atoms with van der Waals surface area (Å²) >= 11 is 0. The first kappa shape index (κ1) is 10.6. The zero-order valence-electron chi connectivity index (χ0n) is 8.91. The molecule has 2 heterocycles. The van der Waals surface area contributed by atoms with Crippen LogP contribution in [0.3, 0.4) is 0 Å². The molecule has 0 fully saturated rings. The van der Waals surface area contributed by atoms with E-state index in [2.05, 4.69) is 15.0 Å². The summed E-state index contributed by atoms with van der Waals surface area (Å²) in [4.78, 5) is 32.2. The first-order chi connectivity index (χ1) is 7.67. The minimum absolute atomic E-state index is 0.203. The molecule has 86 valence electrons. The number of aryl methyl sites for hydroxylation is 1. The second kappa shape index (κ2) is 3.93. The molecule has 2 rings (SSSR count). The molecule has 0 aromatic carbocycles. The Morgan fingerprint density at radius 2 is 2.12 bits per heavy atom. The standard InChI is InChI=1S/C9H13N5O2/c1-2-3-14-7-6(8(15)13-9(14)16)11-5(4-10)12-7/h2-4,10H2,1H3,(H,11,12)(H,13,15,16). The van der Waals surface area contributed by atoms with E-state index in [4.69, 9.17) is 5.73 Å². The van der Waals surface area contributed by atoms with Crippen molar-refractivity contribution in [2.24, 2.45) is 5.73 Å². The lowest BCUT2D eigenvalue weighted by Crippen LogP contribution is -2.30. The van der Waals surface area contributed by atoms with Crippen LogP contribution in [0.5, 0.6) is 0 Å². The van der Waals surface area contributed by atoms with E-state index in [-0.39, 0.29) is 6.54 Å². The lowest BCUT2D eigenvalue weighted by Gasteiger charge is -2.02. The van der Waals surface area contributed by atoms with E-state index in [0.29, 0.717) is 23.5 Å². The molecule has 16 heavy (non-hydrogen) atoms. The minimum atomic E-state index is -0.459. The van der Waals surface area contributed by atoms with E-state index in [1.165, 1.54) is 4.57 Å². The fourth-order valence-corrected chi connectivity index (χ4v) is 1.62. The lowest BCUT2D eigenvalue weighted by molar-refractivity contribution is 0.652. The number of nitrogens with two attached hydrogens (primary N) is 1. The van der Waals surface area contributed by atoms with Gasteiger partial charge >= 0.3 is 5.69 Å². The topological polar surface area (TPSA) is 110 Å². The van der Waals surface area contributed by atoms with Crippen molar-refractivity contribution in [3.8, 4) is 0 Å². The summed E-state index contributed by atoms with van der Waals surface area (Å²) in [6, 6.07) is 0. The van der Waals surface area contributed by atoms with Crippen LogP contribution in [0.25, 0.3) is 11.2 Å². The van der Waals surface area contributed by atoms with Gasteiger partial charge in [0.15, 0.2) is 5.65 Å². The molecule has 0 aliphatic carbocycles. The Morgan fingerprint density at radius 1 is 1.38 bits per heavy atom. The van der Waals surface area contributed by atoms with E-state index in [1.807, 2.05) is 6.92 Å². The number of hydrogen-bond acceptors (Lipinski definition) is 4. The average Bonchev–Trinajstić information content (AvgIpc) is 2.68. The number of fused-ring (bicyclic) bond motifs is 1. The van der Waals surface area contributed by atoms with Gasteiger partial charge in [-0.2, -0.15) is 0 Å². The Bertz CT molecular complexity index is 621. The van der Waals surface area contributed by atoms with Crippen molar-refractivity contribution in [1.82, 2.24) is 19.5 Å². The molecule has 0 spiro atoms. The number of rotatable bonds is 3. The molecule has 0 atom stereocenters. The Kier molecular flexibility index (Phi) is 2.61. The summed E-state index contributed by atoms with van der Waals surface area (Å²) in [7, 11) is 0. The largest absolute Gasteiger partial charge is 0.335 e. The van der Waals surface area contributed by atoms with Gasteiger partial charge in [0.1, 0.15) is 11.3 Å². The monoisotopic (exact) mass is 223 g/mol. The molecule has 7 heteroatoms.